The van der Waals surface area contributed by atoms with E-state index in [4.69, 9.17) is 4.74 Å². The van der Waals surface area contributed by atoms with Crippen LogP contribution in [-0.2, 0) is 38.6 Å². The molecule has 3 rings (SSSR count). The van der Waals surface area contributed by atoms with Gasteiger partial charge in [-0.25, -0.2) is 9.59 Å². The fourth-order valence-electron chi connectivity index (χ4n) is 3.32. The molecule has 2 amide bonds. The number of rotatable bonds is 12. The molecule has 0 aliphatic heterocycles. The van der Waals surface area contributed by atoms with Gasteiger partial charge in [-0.3, -0.25) is 9.59 Å². The predicted octanol–water partition coefficient (Wildman–Crippen LogP) is 4.68. The van der Waals surface area contributed by atoms with Gasteiger partial charge in [-0.1, -0.05) is 123 Å². The number of amides is 2. The highest BCUT2D eigenvalue weighted by atomic mass is 79.9. The van der Waals surface area contributed by atoms with Crippen LogP contribution >= 0.6 is 31.9 Å². The summed E-state index contributed by atoms with van der Waals surface area (Å²) in [6, 6.07) is 25.2. The standard InChI is InChI=1S/C26H26N2O5.C3H4Br2O/c29-24(27-23(25(30)31)17-20-12-6-2-7-13-20)22(16-19-10-4-1-5-11-19)28-26(32)33-18-21-14-8-3-9-15-21;4-1-3(6)2-5/h1-15,22-23H,16-18H2,(H,27,29)(H,28,32)(H,30,31);1-2H2/t22-,23-;/m0./s1. The van der Waals surface area contributed by atoms with E-state index in [1.807, 2.05) is 66.7 Å². The first-order valence-electron chi connectivity index (χ1n) is 12.0. The number of alkyl carbamates (subject to hydrolysis) is 1. The van der Waals surface area contributed by atoms with Crippen molar-refractivity contribution in [1.82, 2.24) is 10.6 Å². The summed E-state index contributed by atoms with van der Waals surface area (Å²) in [5, 5.41) is 15.7. The molecule has 10 heteroatoms. The lowest BCUT2D eigenvalue weighted by Crippen LogP contribution is -2.53. The maximum atomic E-state index is 13.0. The molecule has 0 saturated heterocycles. The van der Waals surface area contributed by atoms with Gasteiger partial charge in [0.25, 0.3) is 0 Å². The normalized spacial score (nSPS) is 11.6. The van der Waals surface area contributed by atoms with Crippen LogP contribution in [0, 0.1) is 0 Å². The number of aliphatic carboxylic acids is 1. The summed E-state index contributed by atoms with van der Waals surface area (Å²) >= 11 is 5.99. The second-order valence-electron chi connectivity index (χ2n) is 8.34. The molecule has 39 heavy (non-hydrogen) atoms. The monoisotopic (exact) mass is 660 g/mol. The molecule has 3 aromatic rings. The summed E-state index contributed by atoms with van der Waals surface area (Å²) < 4.78 is 5.25. The van der Waals surface area contributed by atoms with E-state index < -0.39 is 30.1 Å². The Labute approximate surface area is 244 Å². The molecule has 0 radical (unpaired) electrons. The third-order valence-corrected chi connectivity index (χ3v) is 6.55. The summed E-state index contributed by atoms with van der Waals surface area (Å²) in [4.78, 5) is 47.3. The van der Waals surface area contributed by atoms with Crippen molar-refractivity contribution in [2.75, 3.05) is 10.7 Å². The van der Waals surface area contributed by atoms with Crippen molar-refractivity contribution in [3.8, 4) is 0 Å². The highest BCUT2D eigenvalue weighted by Gasteiger charge is 2.27. The van der Waals surface area contributed by atoms with Gasteiger partial charge in [0, 0.05) is 12.8 Å². The van der Waals surface area contributed by atoms with Crippen molar-refractivity contribution in [1.29, 1.82) is 0 Å². The number of carbonyl (C=O) groups excluding carboxylic acids is 3. The summed E-state index contributed by atoms with van der Waals surface area (Å²) in [6.07, 6.45) is -0.451. The molecule has 3 N–H and O–H groups in total. The van der Waals surface area contributed by atoms with Gasteiger partial charge in [0.2, 0.25) is 5.91 Å². The largest absolute Gasteiger partial charge is 0.480 e. The zero-order chi connectivity index (χ0) is 28.5. The van der Waals surface area contributed by atoms with Gasteiger partial charge in [0.1, 0.15) is 18.7 Å². The number of hydrogen-bond donors (Lipinski definition) is 3. The Morgan fingerprint density at radius 3 is 1.51 bits per heavy atom. The van der Waals surface area contributed by atoms with Gasteiger partial charge >= 0.3 is 12.1 Å². The van der Waals surface area contributed by atoms with Crippen molar-refractivity contribution in [2.24, 2.45) is 0 Å². The first-order chi connectivity index (χ1) is 18.8. The Balaban J connectivity index is 0.000000798. The van der Waals surface area contributed by atoms with Crippen LogP contribution in [0.1, 0.15) is 16.7 Å². The number of hydrogen-bond acceptors (Lipinski definition) is 5. The second-order valence-corrected chi connectivity index (χ2v) is 9.46. The van der Waals surface area contributed by atoms with Crippen LogP contribution < -0.4 is 10.6 Å². The highest BCUT2D eigenvalue weighted by Crippen LogP contribution is 2.08. The molecule has 0 heterocycles. The molecular weight excluding hydrogens is 632 g/mol. The number of carboxylic acid groups (broad SMARTS) is 1. The summed E-state index contributed by atoms with van der Waals surface area (Å²) in [6.45, 7) is 0.0537. The van der Waals surface area contributed by atoms with Crippen molar-refractivity contribution >= 4 is 55.6 Å². The number of halogens is 2. The minimum absolute atomic E-state index is 0.0537. The number of carboxylic acids is 1. The SMILES string of the molecule is O=C(CBr)CBr.O=C(N[C@@H](Cc1ccccc1)C(=O)N[C@@H](Cc1ccccc1)C(=O)O)OCc1ccccc1. The Hall–Kier alpha value is -3.50. The van der Waals surface area contributed by atoms with E-state index in [1.165, 1.54) is 0 Å². The number of benzene rings is 3. The van der Waals surface area contributed by atoms with E-state index in [9.17, 15) is 24.3 Å². The number of nitrogens with one attached hydrogen (secondary N) is 2. The molecule has 8 nitrogen and oxygen atoms in total. The number of alkyl halides is 2. The second kappa shape index (κ2) is 17.9. The summed E-state index contributed by atoms with van der Waals surface area (Å²) in [5.74, 6) is -1.58. The van der Waals surface area contributed by atoms with E-state index in [2.05, 4.69) is 42.5 Å². The van der Waals surface area contributed by atoms with Crippen LogP contribution in [0.2, 0.25) is 0 Å². The van der Waals surface area contributed by atoms with E-state index in [-0.39, 0.29) is 25.2 Å². The molecule has 206 valence electrons. The number of ketones is 1. The van der Waals surface area contributed by atoms with Gasteiger partial charge in [0.05, 0.1) is 10.7 Å². The van der Waals surface area contributed by atoms with Gasteiger partial charge in [-0.05, 0) is 16.7 Å². The molecule has 3 aromatic carbocycles. The molecule has 0 aliphatic carbocycles. The average molecular weight is 662 g/mol. The maximum Gasteiger partial charge on any atom is 0.408 e. The van der Waals surface area contributed by atoms with Crippen LogP contribution in [0.5, 0.6) is 0 Å². The first-order valence-corrected chi connectivity index (χ1v) is 14.3. The number of carbonyl (C=O) groups is 4. The van der Waals surface area contributed by atoms with Crippen molar-refractivity contribution in [3.05, 3.63) is 108 Å². The van der Waals surface area contributed by atoms with Crippen molar-refractivity contribution in [2.45, 2.75) is 31.5 Å². The van der Waals surface area contributed by atoms with E-state index in [0.29, 0.717) is 10.7 Å². The smallest absolute Gasteiger partial charge is 0.408 e. The summed E-state index contributed by atoms with van der Waals surface area (Å²) in [7, 11) is 0. The van der Waals surface area contributed by atoms with E-state index in [0.717, 1.165) is 16.7 Å². The highest BCUT2D eigenvalue weighted by molar-refractivity contribution is 9.10. The molecule has 0 fully saturated rings. The molecular formula is C29H30Br2N2O6. The minimum atomic E-state index is -1.16. The topological polar surface area (TPSA) is 122 Å². The maximum absolute atomic E-state index is 13.0. The van der Waals surface area contributed by atoms with Crippen LogP contribution in [0.25, 0.3) is 0 Å². The van der Waals surface area contributed by atoms with Crippen LogP contribution in [-0.4, -0.2) is 51.6 Å². The van der Waals surface area contributed by atoms with Crippen LogP contribution in [0.4, 0.5) is 4.79 Å². The predicted molar refractivity (Wildman–Crippen MR) is 156 cm³/mol. The quantitative estimate of drug-likeness (QED) is 0.242. The van der Waals surface area contributed by atoms with Crippen LogP contribution in [0.3, 0.4) is 0 Å². The Morgan fingerprint density at radius 2 is 1.10 bits per heavy atom. The molecule has 0 saturated carbocycles. The molecule has 0 unspecified atom stereocenters. The number of ether oxygens (including phenoxy) is 1. The van der Waals surface area contributed by atoms with Gasteiger partial charge in [-0.2, -0.15) is 0 Å². The minimum Gasteiger partial charge on any atom is -0.480 e. The van der Waals surface area contributed by atoms with Crippen molar-refractivity contribution < 1.29 is 29.0 Å². The van der Waals surface area contributed by atoms with E-state index in [1.54, 1.807) is 24.3 Å². The Morgan fingerprint density at radius 1 is 0.667 bits per heavy atom. The third-order valence-electron chi connectivity index (χ3n) is 5.30. The van der Waals surface area contributed by atoms with Crippen molar-refractivity contribution in [3.63, 3.8) is 0 Å². The van der Waals surface area contributed by atoms with Gasteiger partial charge in [0.15, 0.2) is 5.78 Å². The molecule has 0 aromatic heterocycles. The van der Waals surface area contributed by atoms with Gasteiger partial charge in [-0.15, -0.1) is 0 Å². The lowest BCUT2D eigenvalue weighted by Gasteiger charge is -2.21. The lowest BCUT2D eigenvalue weighted by atomic mass is 10.0. The van der Waals surface area contributed by atoms with E-state index >= 15 is 0 Å². The molecule has 0 bridgehead atoms. The molecule has 0 aliphatic rings. The zero-order valence-corrected chi connectivity index (χ0v) is 24.3. The van der Waals surface area contributed by atoms with Gasteiger partial charge < -0.3 is 20.5 Å². The first kappa shape index (κ1) is 31.7. The summed E-state index contributed by atoms with van der Waals surface area (Å²) in [5.41, 5.74) is 2.40. The molecule has 0 spiro atoms. The Kier molecular flexibility index (Phi) is 14.6. The zero-order valence-electron chi connectivity index (χ0n) is 21.1. The lowest BCUT2D eigenvalue weighted by molar-refractivity contribution is -0.142. The fraction of sp³-hybridized carbons (Fsp3) is 0.241. The van der Waals surface area contributed by atoms with Crippen LogP contribution in [0.15, 0.2) is 91.0 Å². The molecule has 2 atom stereocenters. The average Bonchev–Trinajstić information content (AvgIpc) is 2.96. The Bertz CT molecular complexity index is 1170. The third kappa shape index (κ3) is 12.7. The fourth-order valence-corrected chi connectivity index (χ4v) is 4.25. The number of Topliss-reactive ketones (excluding diaryl/α,β-unsaturated/α-hetero) is 1.